The van der Waals surface area contributed by atoms with Crippen molar-refractivity contribution in [3.8, 4) is 0 Å². The summed E-state index contributed by atoms with van der Waals surface area (Å²) in [5.74, 6) is -0.689. The highest BCUT2D eigenvalue weighted by molar-refractivity contribution is 7.89. The molecule has 15 heavy (non-hydrogen) atoms. The number of rotatable bonds is 3. The van der Waals surface area contributed by atoms with Gasteiger partial charge in [-0.3, -0.25) is 4.79 Å². The average molecular weight is 233 g/mol. The summed E-state index contributed by atoms with van der Waals surface area (Å²) in [6.07, 6.45) is 2.75. The van der Waals surface area contributed by atoms with E-state index in [4.69, 9.17) is 5.11 Å². The van der Waals surface area contributed by atoms with Crippen molar-refractivity contribution in [1.29, 1.82) is 0 Å². The van der Waals surface area contributed by atoms with Crippen LogP contribution in [-0.2, 0) is 14.8 Å². The third-order valence-electron chi connectivity index (χ3n) is 3.24. The van der Waals surface area contributed by atoms with Gasteiger partial charge in [-0.1, -0.05) is 0 Å². The van der Waals surface area contributed by atoms with E-state index in [0.29, 0.717) is 25.8 Å². The van der Waals surface area contributed by atoms with E-state index in [0.717, 1.165) is 6.42 Å². The van der Waals surface area contributed by atoms with Crippen LogP contribution in [0.1, 0.15) is 25.7 Å². The van der Waals surface area contributed by atoms with Crippen LogP contribution in [0.5, 0.6) is 0 Å². The number of carboxylic acids is 1. The number of sulfonamides is 1. The van der Waals surface area contributed by atoms with Gasteiger partial charge in [-0.05, 0) is 25.7 Å². The molecule has 1 saturated heterocycles. The molecule has 1 aliphatic heterocycles. The zero-order valence-electron chi connectivity index (χ0n) is 8.48. The van der Waals surface area contributed by atoms with Crippen molar-refractivity contribution in [2.45, 2.75) is 25.7 Å². The van der Waals surface area contributed by atoms with Gasteiger partial charge in [0.15, 0.2) is 0 Å². The quantitative estimate of drug-likeness (QED) is 0.759. The fourth-order valence-corrected chi connectivity index (χ4v) is 3.62. The van der Waals surface area contributed by atoms with Crippen LogP contribution in [0.2, 0.25) is 0 Å². The molecule has 2 fully saturated rings. The van der Waals surface area contributed by atoms with Crippen LogP contribution in [0, 0.1) is 5.41 Å². The Kier molecular flexibility index (Phi) is 2.50. The Morgan fingerprint density at radius 3 is 2.47 bits per heavy atom. The van der Waals surface area contributed by atoms with E-state index in [1.165, 1.54) is 4.31 Å². The molecule has 0 aromatic heterocycles. The predicted octanol–water partition coefficient (Wildman–Crippen LogP) is 0.277. The van der Waals surface area contributed by atoms with E-state index < -0.39 is 21.4 Å². The summed E-state index contributed by atoms with van der Waals surface area (Å²) < 4.78 is 24.6. The van der Waals surface area contributed by atoms with Crippen molar-refractivity contribution in [3.63, 3.8) is 0 Å². The number of nitrogens with zero attached hydrogens (tertiary/aromatic N) is 1. The molecule has 0 unspecified atom stereocenters. The van der Waals surface area contributed by atoms with Crippen LogP contribution in [-0.4, -0.2) is 42.6 Å². The van der Waals surface area contributed by atoms with E-state index in [9.17, 15) is 13.2 Å². The van der Waals surface area contributed by atoms with Crippen molar-refractivity contribution >= 4 is 16.0 Å². The molecular weight excluding hydrogens is 218 g/mol. The van der Waals surface area contributed by atoms with Crippen LogP contribution >= 0.6 is 0 Å². The molecule has 0 spiro atoms. The van der Waals surface area contributed by atoms with Crippen molar-refractivity contribution in [2.75, 3.05) is 18.8 Å². The largest absolute Gasteiger partial charge is 0.481 e. The van der Waals surface area contributed by atoms with Gasteiger partial charge in [0.1, 0.15) is 0 Å². The third kappa shape index (κ3) is 2.01. The average Bonchev–Trinajstić information content (AvgIpc) is 2.90. The fraction of sp³-hybridized carbons (Fsp3) is 0.889. The van der Waals surface area contributed by atoms with E-state index in [-0.39, 0.29) is 12.3 Å². The van der Waals surface area contributed by atoms with E-state index in [1.807, 2.05) is 0 Å². The second-order valence-corrected chi connectivity index (χ2v) is 6.53. The van der Waals surface area contributed by atoms with Crippen LogP contribution in [0.15, 0.2) is 0 Å². The fourth-order valence-electron chi connectivity index (χ4n) is 1.95. The van der Waals surface area contributed by atoms with Crippen molar-refractivity contribution in [3.05, 3.63) is 0 Å². The second kappa shape index (κ2) is 3.45. The van der Waals surface area contributed by atoms with Gasteiger partial charge < -0.3 is 5.11 Å². The normalized spacial score (nSPS) is 28.5. The van der Waals surface area contributed by atoms with Crippen LogP contribution < -0.4 is 0 Å². The van der Waals surface area contributed by atoms with Crippen molar-refractivity contribution in [2.24, 2.45) is 5.41 Å². The minimum Gasteiger partial charge on any atom is -0.481 e. The first-order valence-electron chi connectivity index (χ1n) is 5.18. The zero-order valence-corrected chi connectivity index (χ0v) is 9.29. The van der Waals surface area contributed by atoms with Crippen LogP contribution in [0.25, 0.3) is 0 Å². The minimum atomic E-state index is -3.18. The molecule has 2 aliphatic rings. The molecule has 1 saturated carbocycles. The summed E-state index contributed by atoms with van der Waals surface area (Å²) in [5.41, 5.74) is -0.773. The van der Waals surface area contributed by atoms with Gasteiger partial charge in [0.25, 0.3) is 0 Å². The molecule has 1 aliphatic carbocycles. The van der Waals surface area contributed by atoms with Gasteiger partial charge in [-0.2, -0.15) is 0 Å². The molecule has 2 rings (SSSR count). The maximum absolute atomic E-state index is 11.6. The first kappa shape index (κ1) is 10.9. The van der Waals surface area contributed by atoms with Gasteiger partial charge in [0.2, 0.25) is 10.0 Å². The maximum Gasteiger partial charge on any atom is 0.310 e. The Bertz CT molecular complexity index is 372. The SMILES string of the molecule is O=C(O)C1(CN2CCCCS2(=O)=O)CC1. The first-order chi connectivity index (χ1) is 6.96. The molecule has 5 nitrogen and oxygen atoms in total. The molecule has 0 aromatic carbocycles. The van der Waals surface area contributed by atoms with Gasteiger partial charge in [-0.15, -0.1) is 0 Å². The molecule has 0 bridgehead atoms. The lowest BCUT2D eigenvalue weighted by atomic mass is 10.1. The molecule has 0 radical (unpaired) electrons. The van der Waals surface area contributed by atoms with Crippen LogP contribution in [0.4, 0.5) is 0 Å². The Hall–Kier alpha value is -0.620. The monoisotopic (exact) mass is 233 g/mol. The smallest absolute Gasteiger partial charge is 0.310 e. The Morgan fingerprint density at radius 2 is 2.00 bits per heavy atom. The summed E-state index contributed by atoms with van der Waals surface area (Å²) >= 11 is 0. The van der Waals surface area contributed by atoms with Gasteiger partial charge >= 0.3 is 5.97 Å². The molecule has 0 amide bonds. The molecule has 1 N–H and O–H groups in total. The standard InChI is InChI=1S/C9H15NO4S/c11-8(12)9(3-4-9)7-10-5-1-2-6-15(10,13)14/h1-7H2,(H,11,12). The van der Waals surface area contributed by atoms with E-state index >= 15 is 0 Å². The Balaban J connectivity index is 2.08. The number of carboxylic acid groups (broad SMARTS) is 1. The molecule has 6 heteroatoms. The minimum absolute atomic E-state index is 0.169. The second-order valence-electron chi connectivity index (χ2n) is 4.44. The zero-order chi connectivity index (χ0) is 11.1. The topological polar surface area (TPSA) is 74.7 Å². The number of carbonyl (C=O) groups is 1. The van der Waals surface area contributed by atoms with Crippen LogP contribution in [0.3, 0.4) is 0 Å². The van der Waals surface area contributed by atoms with Crippen molar-refractivity contribution < 1.29 is 18.3 Å². The highest BCUT2D eigenvalue weighted by Crippen LogP contribution is 2.47. The summed E-state index contributed by atoms with van der Waals surface area (Å²) in [6.45, 7) is 0.655. The molecule has 0 aromatic rings. The molecule has 0 atom stereocenters. The summed E-state index contributed by atoms with van der Waals surface area (Å²) in [5, 5.41) is 8.98. The molecular formula is C9H15NO4S. The summed E-state index contributed by atoms with van der Waals surface area (Å²) in [7, 11) is -3.18. The number of hydrogen-bond acceptors (Lipinski definition) is 3. The molecule has 1 heterocycles. The van der Waals surface area contributed by atoms with Gasteiger partial charge in [-0.25, -0.2) is 12.7 Å². The first-order valence-corrected chi connectivity index (χ1v) is 6.78. The predicted molar refractivity (Wildman–Crippen MR) is 53.9 cm³/mol. The lowest BCUT2D eigenvalue weighted by Gasteiger charge is -2.28. The Morgan fingerprint density at radius 1 is 1.33 bits per heavy atom. The number of aliphatic carboxylic acids is 1. The summed E-state index contributed by atoms with van der Waals surface area (Å²) in [6, 6.07) is 0. The van der Waals surface area contributed by atoms with Crippen molar-refractivity contribution in [1.82, 2.24) is 4.31 Å². The van der Waals surface area contributed by atoms with Gasteiger partial charge in [0, 0.05) is 13.1 Å². The maximum atomic E-state index is 11.6. The summed E-state index contributed by atoms with van der Waals surface area (Å²) in [4.78, 5) is 10.9. The lowest BCUT2D eigenvalue weighted by Crippen LogP contribution is -2.43. The third-order valence-corrected chi connectivity index (χ3v) is 5.14. The highest BCUT2D eigenvalue weighted by atomic mass is 32.2. The van der Waals surface area contributed by atoms with E-state index in [1.54, 1.807) is 0 Å². The van der Waals surface area contributed by atoms with Gasteiger partial charge in [0.05, 0.1) is 11.2 Å². The number of hydrogen-bond donors (Lipinski definition) is 1. The lowest BCUT2D eigenvalue weighted by molar-refractivity contribution is -0.143. The van der Waals surface area contributed by atoms with E-state index in [2.05, 4.69) is 0 Å². The molecule has 86 valence electrons. The highest BCUT2D eigenvalue weighted by Gasteiger charge is 2.52. The Labute approximate surface area is 89.1 Å².